The van der Waals surface area contributed by atoms with Crippen molar-refractivity contribution in [2.24, 2.45) is 0 Å². The molecular weight excluding hydrogens is 460 g/mol. The summed E-state index contributed by atoms with van der Waals surface area (Å²) in [6.07, 6.45) is 4.16. The van der Waals surface area contributed by atoms with Crippen LogP contribution in [-0.4, -0.2) is 42.8 Å². The van der Waals surface area contributed by atoms with Crippen molar-refractivity contribution >= 4 is 11.6 Å². The molecule has 0 unspecified atom stereocenters. The monoisotopic (exact) mass is 486 g/mol. The van der Waals surface area contributed by atoms with Crippen molar-refractivity contribution in [2.45, 2.75) is 31.7 Å². The van der Waals surface area contributed by atoms with Gasteiger partial charge in [0.2, 0.25) is 0 Å². The maximum absolute atomic E-state index is 14.9. The average Bonchev–Trinajstić information content (AvgIpc) is 3.35. The Labute approximate surface area is 205 Å². The maximum atomic E-state index is 14.9. The van der Waals surface area contributed by atoms with Gasteiger partial charge in [0, 0.05) is 45.1 Å². The first kappa shape index (κ1) is 20.2. The molecule has 0 spiro atoms. The number of likely N-dealkylation sites (N-methyl/N-ethyl adjacent to an activating group) is 1. The second-order valence-electron chi connectivity index (χ2n) is 7.99. The molecule has 0 aliphatic rings. The smallest absolute Gasteiger partial charge is 0.137 e. The van der Waals surface area contributed by atoms with Crippen LogP contribution >= 0.6 is 11.6 Å². The van der Waals surface area contributed by atoms with Gasteiger partial charge in [-0.25, -0.2) is 18.4 Å². The van der Waals surface area contributed by atoms with Crippen LogP contribution in [0.1, 0.15) is 22.3 Å². The van der Waals surface area contributed by atoms with E-state index in [1.54, 1.807) is 30.5 Å². The molecule has 0 aliphatic heterocycles. The van der Waals surface area contributed by atoms with Crippen LogP contribution in [0.4, 0.5) is 8.78 Å². The van der Waals surface area contributed by atoms with E-state index in [-0.39, 0.29) is 18.7 Å². The molecule has 0 radical (unpaired) electrons. The number of benzene rings is 2. The van der Waals surface area contributed by atoms with Gasteiger partial charge in [-0.05, 0) is 43.7 Å². The first-order valence-electron chi connectivity index (χ1n) is 12.0. The molecule has 0 amide bonds. The molecule has 6 nitrogen and oxygen atoms in total. The van der Waals surface area contributed by atoms with Crippen molar-refractivity contribution in [1.82, 2.24) is 24.6 Å². The molecule has 2 aromatic heterocycles. The lowest BCUT2D eigenvalue weighted by atomic mass is 9.85. The molecule has 2 aromatic carbocycles. The van der Waals surface area contributed by atoms with E-state index in [4.69, 9.17) is 15.7 Å². The normalized spacial score (nSPS) is 15.9. The van der Waals surface area contributed by atoms with Crippen LogP contribution in [0.25, 0.3) is 11.1 Å². The van der Waals surface area contributed by atoms with Crippen molar-refractivity contribution in [3.63, 3.8) is 0 Å². The second kappa shape index (κ2) is 9.97. The fourth-order valence-corrected chi connectivity index (χ4v) is 3.87. The molecule has 0 aliphatic carbocycles. The number of aromatic nitrogens is 4. The fraction of sp³-hybridized carbons (Fsp3) is 0.240. The molecule has 34 heavy (non-hydrogen) atoms. The molecule has 2 atom stereocenters. The summed E-state index contributed by atoms with van der Waals surface area (Å²) in [7, 11) is 0. The van der Waals surface area contributed by atoms with E-state index in [1.165, 1.54) is 24.3 Å². The topological polar surface area (TPSA) is 67.1 Å². The van der Waals surface area contributed by atoms with Gasteiger partial charge >= 0.3 is 0 Å². The van der Waals surface area contributed by atoms with E-state index >= 15 is 0 Å². The Morgan fingerprint density at radius 1 is 1.15 bits per heavy atom. The number of rotatable bonds is 8. The van der Waals surface area contributed by atoms with Crippen LogP contribution in [-0.2, 0) is 18.7 Å². The number of hydrogen-bond acceptors (Lipinski definition) is 5. The molecule has 2 heterocycles. The van der Waals surface area contributed by atoms with Crippen LogP contribution in [0, 0.1) is 11.6 Å². The molecule has 1 N–H and O–H groups in total. The molecule has 4 rings (SSSR count). The fourth-order valence-electron chi connectivity index (χ4n) is 3.74. The van der Waals surface area contributed by atoms with E-state index in [1.807, 2.05) is 12.1 Å². The minimum Gasteiger partial charge on any atom is -0.381 e. The van der Waals surface area contributed by atoms with Crippen LogP contribution < -0.4 is 0 Å². The predicted molar refractivity (Wildman–Crippen MR) is 126 cm³/mol. The second-order valence-corrected chi connectivity index (χ2v) is 8.43. The van der Waals surface area contributed by atoms with Crippen molar-refractivity contribution in [2.75, 3.05) is 6.98 Å². The summed E-state index contributed by atoms with van der Waals surface area (Å²) < 4.78 is 54.3. The number of aliphatic hydroxyl groups is 1. The van der Waals surface area contributed by atoms with Crippen molar-refractivity contribution in [1.29, 1.82) is 0 Å². The van der Waals surface area contributed by atoms with Crippen LogP contribution in [0.5, 0.6) is 0 Å². The molecule has 0 saturated heterocycles. The zero-order valence-corrected chi connectivity index (χ0v) is 19.0. The Balaban J connectivity index is 1.68. The minimum atomic E-state index is -2.69. The zero-order valence-electron chi connectivity index (χ0n) is 21.2. The SMILES string of the molecule is [2H]C([2H])([2H])N(Cc1ccc(-c2ccc(Cl)cc2)cn1)[C@H](C)[C@](O)(Cn1cncn1)c1ccc(F)cc1F. The summed E-state index contributed by atoms with van der Waals surface area (Å²) in [5.41, 5.74) is -0.271. The quantitative estimate of drug-likeness (QED) is 0.391. The Morgan fingerprint density at radius 2 is 1.91 bits per heavy atom. The summed E-state index contributed by atoms with van der Waals surface area (Å²) in [5, 5.41) is 16.4. The summed E-state index contributed by atoms with van der Waals surface area (Å²) in [5.74, 6) is -1.83. The van der Waals surface area contributed by atoms with Gasteiger partial charge in [0.1, 0.15) is 29.9 Å². The van der Waals surface area contributed by atoms with Gasteiger partial charge in [-0.15, -0.1) is 0 Å². The summed E-state index contributed by atoms with van der Waals surface area (Å²) in [4.78, 5) is 9.31. The molecule has 176 valence electrons. The van der Waals surface area contributed by atoms with Crippen molar-refractivity contribution in [3.05, 3.63) is 101 Å². The Kier molecular flexibility index (Phi) is 5.92. The van der Waals surface area contributed by atoms with Crippen LogP contribution in [0.15, 0.2) is 73.4 Å². The lowest BCUT2D eigenvalue weighted by Gasteiger charge is -2.39. The minimum absolute atomic E-state index is 0.180. The Hall–Kier alpha value is -3.20. The van der Waals surface area contributed by atoms with Crippen molar-refractivity contribution < 1.29 is 18.0 Å². The van der Waals surface area contributed by atoms with Gasteiger partial charge in [-0.1, -0.05) is 35.9 Å². The van der Waals surface area contributed by atoms with Crippen molar-refractivity contribution in [3.8, 4) is 11.1 Å². The molecule has 0 bridgehead atoms. The van der Waals surface area contributed by atoms with Gasteiger partial charge in [-0.2, -0.15) is 5.10 Å². The first-order chi connectivity index (χ1) is 17.5. The van der Waals surface area contributed by atoms with Gasteiger partial charge in [0.25, 0.3) is 0 Å². The highest BCUT2D eigenvalue weighted by Crippen LogP contribution is 2.33. The average molecular weight is 487 g/mol. The first-order valence-corrected chi connectivity index (χ1v) is 10.8. The number of hydrogen-bond donors (Lipinski definition) is 1. The third-order valence-corrected chi connectivity index (χ3v) is 6.01. The highest BCUT2D eigenvalue weighted by atomic mass is 35.5. The van der Waals surface area contributed by atoms with Crippen LogP contribution in [0.3, 0.4) is 0 Å². The molecular formula is C25H24ClF2N5O. The third kappa shape index (κ3) is 5.14. The van der Waals surface area contributed by atoms with E-state index in [2.05, 4.69) is 15.1 Å². The molecule has 0 saturated carbocycles. The molecule has 0 fully saturated rings. The summed E-state index contributed by atoms with van der Waals surface area (Å²) in [6, 6.07) is 12.3. The van der Waals surface area contributed by atoms with Crippen LogP contribution in [0.2, 0.25) is 5.02 Å². The summed E-state index contributed by atoms with van der Waals surface area (Å²) in [6.45, 7) is -1.73. The third-order valence-electron chi connectivity index (χ3n) is 5.76. The predicted octanol–water partition coefficient (Wildman–Crippen LogP) is 4.68. The standard InChI is InChI=1S/C25H24ClF2N5O/c1-17(25(34,14-33-16-29-15-31-33)23-10-8-21(27)11-24(23)28)32(2)13-22-9-5-19(12-30-22)18-3-6-20(26)7-4-18/h3-12,15-17,34H,13-14H2,1-2H3/t17-,25-/m1/s1/i2D3. The number of pyridine rings is 1. The largest absolute Gasteiger partial charge is 0.381 e. The maximum Gasteiger partial charge on any atom is 0.137 e. The van der Waals surface area contributed by atoms with Gasteiger partial charge in [-0.3, -0.25) is 9.88 Å². The molecule has 9 heteroatoms. The van der Waals surface area contributed by atoms with Gasteiger partial charge < -0.3 is 5.11 Å². The van der Waals surface area contributed by atoms with Gasteiger partial charge in [0.15, 0.2) is 0 Å². The summed E-state index contributed by atoms with van der Waals surface area (Å²) >= 11 is 5.95. The highest BCUT2D eigenvalue weighted by Gasteiger charge is 2.41. The van der Waals surface area contributed by atoms with E-state index in [0.29, 0.717) is 16.8 Å². The number of nitrogens with zero attached hydrogens (tertiary/aromatic N) is 5. The Morgan fingerprint density at radius 3 is 2.53 bits per heavy atom. The Bertz CT molecular complexity index is 1340. The van der Waals surface area contributed by atoms with E-state index in [9.17, 15) is 13.9 Å². The van der Waals surface area contributed by atoms with E-state index < -0.39 is 30.3 Å². The highest BCUT2D eigenvalue weighted by molar-refractivity contribution is 6.30. The lowest BCUT2D eigenvalue weighted by molar-refractivity contribution is -0.0593. The van der Waals surface area contributed by atoms with E-state index in [0.717, 1.165) is 28.2 Å². The molecule has 4 aromatic rings. The zero-order chi connectivity index (χ0) is 26.8. The lowest BCUT2D eigenvalue weighted by Crippen LogP contribution is -2.50. The van der Waals surface area contributed by atoms with Gasteiger partial charge in [0.05, 0.1) is 12.2 Å². The number of halogens is 3.